The van der Waals surface area contributed by atoms with Crippen molar-refractivity contribution in [2.45, 2.75) is 63.8 Å². The Kier molecular flexibility index (Phi) is 7.91. The van der Waals surface area contributed by atoms with Gasteiger partial charge in [0.15, 0.2) is 0 Å². The van der Waals surface area contributed by atoms with E-state index in [9.17, 15) is 15.0 Å². The van der Waals surface area contributed by atoms with Crippen molar-refractivity contribution in [3.8, 4) is 0 Å². The number of aryl methyl sites for hydroxylation is 1. The molecule has 3 N–H and O–H groups in total. The number of aliphatic hydroxyl groups is 2. The van der Waals surface area contributed by atoms with Crippen LogP contribution in [0.15, 0.2) is 77.8 Å². The maximum Gasteiger partial charge on any atom is 0.224 e. The van der Waals surface area contributed by atoms with Gasteiger partial charge in [-0.15, -0.1) is 0 Å². The summed E-state index contributed by atoms with van der Waals surface area (Å²) >= 11 is 0. The summed E-state index contributed by atoms with van der Waals surface area (Å²) in [6.07, 6.45) is 0.303. The number of aliphatic imine (C=N–C) groups is 1. The van der Waals surface area contributed by atoms with E-state index in [1.807, 2.05) is 86.6 Å². The predicted octanol–water partition coefficient (Wildman–Crippen LogP) is 4.09. The van der Waals surface area contributed by atoms with E-state index < -0.39 is 24.2 Å². The zero-order valence-corrected chi connectivity index (χ0v) is 22.0. The molecule has 1 aliphatic heterocycles. The monoisotopic (exact) mass is 512 g/mol. The van der Waals surface area contributed by atoms with Gasteiger partial charge in [-0.05, 0) is 61.4 Å². The van der Waals surface area contributed by atoms with Gasteiger partial charge in [-0.3, -0.25) is 4.79 Å². The summed E-state index contributed by atoms with van der Waals surface area (Å²) in [5.74, 6) is 0.00679. The van der Waals surface area contributed by atoms with Crippen molar-refractivity contribution in [2.24, 2.45) is 10.9 Å². The number of hydrogen-bond acceptors (Lipinski definition) is 5. The molecule has 0 spiro atoms. The van der Waals surface area contributed by atoms with Crippen molar-refractivity contribution in [1.82, 2.24) is 5.32 Å². The number of carbonyl (C=O) groups excluding carboxylic acids is 1. The lowest BCUT2D eigenvalue weighted by Gasteiger charge is -2.25. The summed E-state index contributed by atoms with van der Waals surface area (Å²) in [7, 11) is 0. The van der Waals surface area contributed by atoms with Crippen LogP contribution in [0, 0.1) is 12.8 Å². The van der Waals surface area contributed by atoms with E-state index in [2.05, 4.69) is 10.3 Å². The second-order valence-corrected chi connectivity index (χ2v) is 10.7. The van der Waals surface area contributed by atoms with Gasteiger partial charge in [-0.1, -0.05) is 72.3 Å². The molecule has 0 fully saturated rings. The molecule has 38 heavy (non-hydrogen) atoms. The van der Waals surface area contributed by atoms with Crippen LogP contribution < -0.4 is 5.32 Å². The maximum absolute atomic E-state index is 13.6. The van der Waals surface area contributed by atoms with Crippen LogP contribution in [0.4, 0.5) is 0 Å². The van der Waals surface area contributed by atoms with Gasteiger partial charge in [-0.25, -0.2) is 4.99 Å². The Morgan fingerprint density at radius 2 is 1.84 bits per heavy atom. The van der Waals surface area contributed by atoms with Crippen molar-refractivity contribution in [2.75, 3.05) is 6.61 Å². The summed E-state index contributed by atoms with van der Waals surface area (Å²) in [4.78, 5) is 18.3. The van der Waals surface area contributed by atoms with Crippen molar-refractivity contribution in [1.29, 1.82) is 0 Å². The molecule has 198 valence electrons. The summed E-state index contributed by atoms with van der Waals surface area (Å²) in [5, 5.41) is 25.0. The van der Waals surface area contributed by atoms with Gasteiger partial charge in [0, 0.05) is 17.9 Å². The molecule has 2 aliphatic rings. The van der Waals surface area contributed by atoms with Crippen LogP contribution in [0.25, 0.3) is 0 Å². The molecular weight excluding hydrogens is 476 g/mol. The maximum atomic E-state index is 13.6. The minimum absolute atomic E-state index is 0.110. The Morgan fingerprint density at radius 3 is 2.61 bits per heavy atom. The van der Waals surface area contributed by atoms with E-state index in [0.29, 0.717) is 38.2 Å². The third-order valence-corrected chi connectivity index (χ3v) is 7.50. The number of ether oxygens (including phenoxy) is 1. The van der Waals surface area contributed by atoms with E-state index >= 15 is 0 Å². The van der Waals surface area contributed by atoms with Gasteiger partial charge in [-0.2, -0.15) is 0 Å². The van der Waals surface area contributed by atoms with Gasteiger partial charge < -0.3 is 20.3 Å². The molecule has 0 saturated carbocycles. The zero-order valence-electron chi connectivity index (χ0n) is 22.0. The first-order valence-electron chi connectivity index (χ1n) is 13.5. The molecule has 1 amide bonds. The Balaban J connectivity index is 1.34. The highest BCUT2D eigenvalue weighted by atomic mass is 16.5. The van der Waals surface area contributed by atoms with Crippen molar-refractivity contribution in [3.63, 3.8) is 0 Å². The van der Waals surface area contributed by atoms with Crippen LogP contribution in [0.1, 0.15) is 52.8 Å². The van der Waals surface area contributed by atoms with Gasteiger partial charge in [0.25, 0.3) is 0 Å². The van der Waals surface area contributed by atoms with E-state index in [1.54, 1.807) is 0 Å². The Labute approximate surface area is 224 Å². The summed E-state index contributed by atoms with van der Waals surface area (Å²) < 4.78 is 5.82. The molecule has 5 rings (SSSR count). The largest absolute Gasteiger partial charge is 0.475 e. The lowest BCUT2D eigenvalue weighted by atomic mass is 9.89. The number of nitrogens with one attached hydrogen (secondary N) is 1. The zero-order chi connectivity index (χ0) is 26.6. The second kappa shape index (κ2) is 11.5. The number of aliphatic hydroxyl groups excluding tert-OH is 2. The molecule has 0 radical (unpaired) electrons. The SMILES string of the molecule is Cc1ccc(C[C@H](O)C[C@@H](Cc2ccccc2)C(=O)N[C@H]2c3ccccc3C[C@H]2O)c(C2=N[C@@H](C)CO2)c1. The van der Waals surface area contributed by atoms with Crippen LogP contribution in [-0.2, 0) is 28.8 Å². The minimum Gasteiger partial charge on any atom is -0.475 e. The fraction of sp³-hybridized carbons (Fsp3) is 0.375. The van der Waals surface area contributed by atoms with E-state index in [1.165, 1.54) is 0 Å². The highest BCUT2D eigenvalue weighted by Gasteiger charge is 2.34. The third-order valence-electron chi connectivity index (χ3n) is 7.50. The van der Waals surface area contributed by atoms with Crippen LogP contribution in [-0.4, -0.2) is 46.9 Å². The third kappa shape index (κ3) is 5.98. The topological polar surface area (TPSA) is 91.2 Å². The Morgan fingerprint density at radius 1 is 1.08 bits per heavy atom. The lowest BCUT2D eigenvalue weighted by Crippen LogP contribution is -2.39. The molecular formula is C32H36N2O4. The number of nitrogens with zero attached hydrogens (tertiary/aromatic N) is 1. The quantitative estimate of drug-likeness (QED) is 0.403. The Bertz CT molecular complexity index is 1310. The molecule has 0 bridgehead atoms. The number of carbonyl (C=O) groups is 1. The first kappa shape index (κ1) is 26.1. The molecule has 3 aromatic carbocycles. The molecule has 1 heterocycles. The molecule has 6 heteroatoms. The highest BCUT2D eigenvalue weighted by molar-refractivity contribution is 5.96. The first-order valence-corrected chi connectivity index (χ1v) is 13.5. The molecule has 0 aromatic heterocycles. The van der Waals surface area contributed by atoms with Gasteiger partial charge >= 0.3 is 0 Å². The van der Waals surface area contributed by atoms with Crippen molar-refractivity contribution < 1.29 is 19.7 Å². The van der Waals surface area contributed by atoms with Crippen LogP contribution in [0.2, 0.25) is 0 Å². The summed E-state index contributed by atoms with van der Waals surface area (Å²) in [6.45, 7) is 4.60. The molecule has 5 atom stereocenters. The summed E-state index contributed by atoms with van der Waals surface area (Å²) in [6, 6.07) is 23.5. The van der Waals surface area contributed by atoms with Gasteiger partial charge in [0.2, 0.25) is 11.8 Å². The smallest absolute Gasteiger partial charge is 0.224 e. The van der Waals surface area contributed by atoms with E-state index in [0.717, 1.165) is 33.4 Å². The molecule has 6 nitrogen and oxygen atoms in total. The highest BCUT2D eigenvalue weighted by Crippen LogP contribution is 2.32. The molecule has 0 saturated heterocycles. The number of benzene rings is 3. The van der Waals surface area contributed by atoms with E-state index in [4.69, 9.17) is 4.74 Å². The van der Waals surface area contributed by atoms with E-state index in [-0.39, 0.29) is 11.9 Å². The Hall–Kier alpha value is -3.48. The second-order valence-electron chi connectivity index (χ2n) is 10.7. The molecule has 1 aliphatic carbocycles. The van der Waals surface area contributed by atoms with Gasteiger partial charge in [0.1, 0.15) is 6.61 Å². The number of fused-ring (bicyclic) bond motifs is 1. The fourth-order valence-electron chi connectivity index (χ4n) is 5.56. The lowest BCUT2D eigenvalue weighted by molar-refractivity contribution is -0.127. The first-order chi connectivity index (χ1) is 18.4. The molecule has 0 unspecified atom stereocenters. The van der Waals surface area contributed by atoms with Gasteiger partial charge in [0.05, 0.1) is 24.3 Å². The van der Waals surface area contributed by atoms with Crippen LogP contribution in [0.5, 0.6) is 0 Å². The minimum atomic E-state index is -0.740. The average molecular weight is 513 g/mol. The van der Waals surface area contributed by atoms with Crippen molar-refractivity contribution >= 4 is 11.8 Å². The number of amides is 1. The predicted molar refractivity (Wildman–Crippen MR) is 148 cm³/mol. The normalized spacial score (nSPS) is 21.8. The number of rotatable bonds is 9. The standard InChI is InChI=1S/C32H36N2O4/c1-20-12-13-24(28(14-20)32-33-21(2)19-38-32)16-26(35)17-25(15-22-8-4-3-5-9-22)31(37)34-30-27-11-7-6-10-23(27)18-29(30)36/h3-14,21,25-26,29-30,35-36H,15-19H2,1-2H3,(H,34,37)/t21-,25+,26-,29+,30-/m0/s1. The number of hydrogen-bond donors (Lipinski definition) is 3. The van der Waals surface area contributed by atoms with Crippen LogP contribution >= 0.6 is 0 Å². The summed E-state index contributed by atoms with van der Waals surface area (Å²) in [5.41, 5.74) is 6.01. The van der Waals surface area contributed by atoms with Crippen molar-refractivity contribution in [3.05, 3.63) is 106 Å². The molecule has 3 aromatic rings. The average Bonchev–Trinajstić information content (AvgIpc) is 3.48. The van der Waals surface area contributed by atoms with Crippen LogP contribution in [0.3, 0.4) is 0 Å². The fourth-order valence-corrected chi connectivity index (χ4v) is 5.56.